The molecule has 22 heavy (non-hydrogen) atoms. The summed E-state index contributed by atoms with van der Waals surface area (Å²) in [6, 6.07) is 9.22. The van der Waals surface area contributed by atoms with Gasteiger partial charge in [0.15, 0.2) is 11.5 Å². The predicted molar refractivity (Wildman–Crippen MR) is 88.9 cm³/mol. The lowest BCUT2D eigenvalue weighted by atomic mass is 10.0. The van der Waals surface area contributed by atoms with Gasteiger partial charge in [-0.05, 0) is 35.6 Å². The van der Waals surface area contributed by atoms with Crippen LogP contribution >= 0.6 is 11.3 Å². The second-order valence-corrected chi connectivity index (χ2v) is 6.26. The van der Waals surface area contributed by atoms with Crippen LogP contribution in [0.15, 0.2) is 35.7 Å². The third kappa shape index (κ3) is 3.60. The molecule has 2 rings (SSSR count). The molecule has 0 fully saturated rings. The summed E-state index contributed by atoms with van der Waals surface area (Å²) in [4.78, 5) is 13.7. The Balaban J connectivity index is 2.20. The maximum Gasteiger partial charge on any atom is 0.251 e. The molecule has 0 saturated heterocycles. The summed E-state index contributed by atoms with van der Waals surface area (Å²) >= 11 is 1.65. The van der Waals surface area contributed by atoms with Crippen molar-refractivity contribution in [2.45, 2.75) is 19.9 Å². The SMILES string of the molecule is COc1ccc(C(=O)N[C@H](c2cccs2)C(C)C)cc1OC. The fourth-order valence-corrected chi connectivity index (χ4v) is 3.19. The van der Waals surface area contributed by atoms with Crippen LogP contribution in [-0.4, -0.2) is 20.1 Å². The summed E-state index contributed by atoms with van der Waals surface area (Å²) < 4.78 is 10.4. The third-order valence-electron chi connectivity index (χ3n) is 3.45. The van der Waals surface area contributed by atoms with Gasteiger partial charge in [-0.1, -0.05) is 19.9 Å². The van der Waals surface area contributed by atoms with E-state index in [1.807, 2.05) is 17.5 Å². The van der Waals surface area contributed by atoms with Crippen LogP contribution in [0.5, 0.6) is 11.5 Å². The molecule has 0 spiro atoms. The summed E-state index contributed by atoms with van der Waals surface area (Å²) in [5.41, 5.74) is 0.555. The Morgan fingerprint density at radius 1 is 1.14 bits per heavy atom. The average Bonchev–Trinajstić information content (AvgIpc) is 3.05. The van der Waals surface area contributed by atoms with E-state index < -0.39 is 0 Å². The first-order valence-electron chi connectivity index (χ1n) is 7.13. The average molecular weight is 319 g/mol. The number of rotatable bonds is 6. The monoisotopic (exact) mass is 319 g/mol. The molecule has 4 nitrogen and oxygen atoms in total. The summed E-state index contributed by atoms with van der Waals surface area (Å²) in [5.74, 6) is 1.35. The van der Waals surface area contributed by atoms with Gasteiger partial charge < -0.3 is 14.8 Å². The first-order valence-corrected chi connectivity index (χ1v) is 8.01. The Labute approximate surface area is 135 Å². The van der Waals surface area contributed by atoms with Crippen LogP contribution in [0.2, 0.25) is 0 Å². The highest BCUT2D eigenvalue weighted by molar-refractivity contribution is 7.10. The molecule has 2 aromatic rings. The molecule has 1 heterocycles. The number of amides is 1. The van der Waals surface area contributed by atoms with E-state index >= 15 is 0 Å². The van der Waals surface area contributed by atoms with Crippen molar-refractivity contribution in [2.24, 2.45) is 5.92 Å². The number of ether oxygens (including phenoxy) is 2. The Morgan fingerprint density at radius 2 is 1.86 bits per heavy atom. The van der Waals surface area contributed by atoms with Crippen molar-refractivity contribution in [2.75, 3.05) is 14.2 Å². The van der Waals surface area contributed by atoms with E-state index in [1.54, 1.807) is 43.8 Å². The molecule has 0 bridgehead atoms. The van der Waals surface area contributed by atoms with Gasteiger partial charge in [0.1, 0.15) is 0 Å². The molecule has 118 valence electrons. The lowest BCUT2D eigenvalue weighted by Gasteiger charge is -2.21. The Morgan fingerprint density at radius 3 is 2.41 bits per heavy atom. The van der Waals surface area contributed by atoms with E-state index in [-0.39, 0.29) is 11.9 Å². The van der Waals surface area contributed by atoms with Crippen LogP contribution < -0.4 is 14.8 Å². The van der Waals surface area contributed by atoms with Crippen LogP contribution in [-0.2, 0) is 0 Å². The van der Waals surface area contributed by atoms with Crippen LogP contribution in [0.4, 0.5) is 0 Å². The highest BCUT2D eigenvalue weighted by atomic mass is 32.1. The first kappa shape index (κ1) is 16.4. The van der Waals surface area contributed by atoms with Crippen LogP contribution in [0.1, 0.15) is 35.1 Å². The standard InChI is InChI=1S/C17H21NO3S/c1-11(2)16(15-6-5-9-22-15)18-17(19)12-7-8-13(20-3)14(10-12)21-4/h5-11,16H,1-4H3,(H,18,19)/t16-/m0/s1. The second kappa shape index (κ2) is 7.31. The van der Waals surface area contributed by atoms with Crippen molar-refractivity contribution in [3.63, 3.8) is 0 Å². The maximum atomic E-state index is 12.5. The number of hydrogen-bond acceptors (Lipinski definition) is 4. The molecule has 0 aliphatic carbocycles. The molecule has 1 aromatic carbocycles. The number of hydrogen-bond donors (Lipinski definition) is 1. The number of carbonyl (C=O) groups excluding carboxylic acids is 1. The first-order chi connectivity index (χ1) is 10.6. The molecule has 0 aliphatic heterocycles. The second-order valence-electron chi connectivity index (χ2n) is 5.28. The van der Waals surface area contributed by atoms with Crippen molar-refractivity contribution in [1.29, 1.82) is 0 Å². The molecule has 0 radical (unpaired) electrons. The largest absolute Gasteiger partial charge is 0.493 e. The van der Waals surface area contributed by atoms with E-state index in [1.165, 1.54) is 0 Å². The van der Waals surface area contributed by atoms with Gasteiger partial charge in [0, 0.05) is 10.4 Å². The highest BCUT2D eigenvalue weighted by Gasteiger charge is 2.20. The van der Waals surface area contributed by atoms with Gasteiger partial charge in [-0.2, -0.15) is 0 Å². The number of benzene rings is 1. The third-order valence-corrected chi connectivity index (χ3v) is 4.40. The quantitative estimate of drug-likeness (QED) is 0.878. The van der Waals surface area contributed by atoms with E-state index in [4.69, 9.17) is 9.47 Å². The van der Waals surface area contributed by atoms with Crippen molar-refractivity contribution >= 4 is 17.2 Å². The normalized spacial score (nSPS) is 12.0. The van der Waals surface area contributed by atoms with Crippen LogP contribution in [0, 0.1) is 5.92 Å². The molecule has 1 amide bonds. The Kier molecular flexibility index (Phi) is 5.44. The van der Waals surface area contributed by atoms with E-state index in [0.717, 1.165) is 4.88 Å². The summed E-state index contributed by atoms with van der Waals surface area (Å²) in [7, 11) is 3.13. The van der Waals surface area contributed by atoms with Gasteiger partial charge in [-0.25, -0.2) is 0 Å². The number of methoxy groups -OCH3 is 2. The van der Waals surface area contributed by atoms with Gasteiger partial charge in [0.25, 0.3) is 5.91 Å². The molecule has 1 aromatic heterocycles. The van der Waals surface area contributed by atoms with E-state index in [2.05, 4.69) is 19.2 Å². The Hall–Kier alpha value is -2.01. The van der Waals surface area contributed by atoms with Gasteiger partial charge in [0.05, 0.1) is 20.3 Å². The van der Waals surface area contributed by atoms with Gasteiger partial charge in [-0.3, -0.25) is 4.79 Å². The lowest BCUT2D eigenvalue weighted by molar-refractivity contribution is 0.0926. The van der Waals surface area contributed by atoms with E-state index in [0.29, 0.717) is 23.0 Å². The minimum absolute atomic E-state index is 0.000552. The van der Waals surface area contributed by atoms with Crippen molar-refractivity contribution in [3.8, 4) is 11.5 Å². The molecule has 5 heteroatoms. The van der Waals surface area contributed by atoms with Crippen LogP contribution in [0.25, 0.3) is 0 Å². The van der Waals surface area contributed by atoms with Crippen LogP contribution in [0.3, 0.4) is 0 Å². The van der Waals surface area contributed by atoms with Crippen molar-refractivity contribution in [1.82, 2.24) is 5.32 Å². The smallest absolute Gasteiger partial charge is 0.251 e. The minimum atomic E-state index is -0.118. The van der Waals surface area contributed by atoms with E-state index in [9.17, 15) is 4.79 Å². The molecular weight excluding hydrogens is 298 g/mol. The number of nitrogens with one attached hydrogen (secondary N) is 1. The Bertz CT molecular complexity index is 623. The van der Waals surface area contributed by atoms with Crippen molar-refractivity contribution in [3.05, 3.63) is 46.2 Å². The molecule has 1 atom stereocenters. The zero-order chi connectivity index (χ0) is 16.1. The zero-order valence-electron chi connectivity index (χ0n) is 13.3. The summed E-state index contributed by atoms with van der Waals surface area (Å²) in [5, 5.41) is 5.12. The molecule has 0 saturated carbocycles. The number of carbonyl (C=O) groups is 1. The lowest BCUT2D eigenvalue weighted by Crippen LogP contribution is -2.31. The van der Waals surface area contributed by atoms with Crippen molar-refractivity contribution < 1.29 is 14.3 Å². The topological polar surface area (TPSA) is 47.6 Å². The summed E-state index contributed by atoms with van der Waals surface area (Å²) in [6.45, 7) is 4.19. The summed E-state index contributed by atoms with van der Waals surface area (Å²) in [6.07, 6.45) is 0. The molecule has 0 unspecified atom stereocenters. The van der Waals surface area contributed by atoms with Gasteiger partial charge in [-0.15, -0.1) is 11.3 Å². The molecule has 0 aliphatic rings. The van der Waals surface area contributed by atoms with Gasteiger partial charge in [0.2, 0.25) is 0 Å². The fourth-order valence-electron chi connectivity index (χ4n) is 2.24. The molecular formula is C17H21NO3S. The number of thiophene rings is 1. The van der Waals surface area contributed by atoms with Gasteiger partial charge >= 0.3 is 0 Å². The zero-order valence-corrected chi connectivity index (χ0v) is 14.1. The molecule has 1 N–H and O–H groups in total. The fraction of sp³-hybridized carbons (Fsp3) is 0.353. The predicted octanol–water partition coefficient (Wildman–Crippen LogP) is 3.89. The highest BCUT2D eigenvalue weighted by Crippen LogP contribution is 2.29. The maximum absolute atomic E-state index is 12.5. The minimum Gasteiger partial charge on any atom is -0.493 e.